The molecule has 0 atom stereocenters. The monoisotopic (exact) mass is 343 g/mol. The van der Waals surface area contributed by atoms with Crippen LogP contribution in [0.4, 0.5) is 0 Å². The smallest absolute Gasteiger partial charge is 0.148 e. The molecular weight excluding hydrogens is 314 g/mol. The number of nitrogens with zero attached hydrogens (tertiary/aromatic N) is 1. The van der Waals surface area contributed by atoms with E-state index >= 15 is 0 Å². The van der Waals surface area contributed by atoms with Crippen molar-refractivity contribution >= 4 is 11.6 Å². The lowest BCUT2D eigenvalue weighted by molar-refractivity contribution is -0.153. The van der Waals surface area contributed by atoms with Gasteiger partial charge in [0, 0.05) is 25.9 Å². The van der Waals surface area contributed by atoms with Gasteiger partial charge in [-0.3, -0.25) is 9.59 Å². The van der Waals surface area contributed by atoms with Crippen molar-refractivity contribution in [3.05, 3.63) is 34.4 Å². The highest BCUT2D eigenvalue weighted by Gasteiger charge is 2.41. The van der Waals surface area contributed by atoms with Crippen LogP contribution in [-0.4, -0.2) is 36.8 Å². The molecule has 2 aliphatic rings. The van der Waals surface area contributed by atoms with Crippen LogP contribution in [0.1, 0.15) is 53.9 Å². The fourth-order valence-electron chi connectivity index (χ4n) is 4.84. The van der Waals surface area contributed by atoms with Crippen LogP contribution >= 0.6 is 0 Å². The first-order valence-electron chi connectivity index (χ1n) is 9.33. The first kappa shape index (κ1) is 18.3. The molecule has 1 saturated heterocycles. The first-order chi connectivity index (χ1) is 11.9. The van der Waals surface area contributed by atoms with Gasteiger partial charge in [-0.25, -0.2) is 0 Å². The van der Waals surface area contributed by atoms with Crippen LogP contribution in [0.5, 0.6) is 0 Å². The summed E-state index contributed by atoms with van der Waals surface area (Å²) in [6.07, 6.45) is 3.10. The molecule has 4 nitrogen and oxygen atoms in total. The molecule has 0 N–H and O–H groups in total. The van der Waals surface area contributed by atoms with Gasteiger partial charge in [0.05, 0.1) is 7.11 Å². The summed E-state index contributed by atoms with van der Waals surface area (Å²) in [4.78, 5) is 31.1. The number of hydrogen-bond donors (Lipinski definition) is 0. The maximum Gasteiger partial charge on any atom is 0.148 e. The van der Waals surface area contributed by atoms with Gasteiger partial charge < -0.3 is 4.84 Å². The number of rotatable bonds is 3. The van der Waals surface area contributed by atoms with E-state index in [4.69, 9.17) is 4.84 Å². The summed E-state index contributed by atoms with van der Waals surface area (Å²) in [5.74, 6) is 0.355. The van der Waals surface area contributed by atoms with Crippen molar-refractivity contribution in [1.29, 1.82) is 0 Å². The van der Waals surface area contributed by atoms with Gasteiger partial charge in [-0.05, 0) is 62.1 Å². The molecule has 0 amide bonds. The lowest BCUT2D eigenvalue weighted by Crippen LogP contribution is -2.40. The summed E-state index contributed by atoms with van der Waals surface area (Å²) >= 11 is 0. The molecule has 1 aromatic rings. The molecule has 0 bridgehead atoms. The molecule has 1 aliphatic carbocycles. The van der Waals surface area contributed by atoms with Crippen LogP contribution in [0.15, 0.2) is 12.1 Å². The average Bonchev–Trinajstić information content (AvgIpc) is 2.56. The van der Waals surface area contributed by atoms with E-state index in [2.05, 4.69) is 19.1 Å². The Labute approximate surface area is 150 Å². The summed E-state index contributed by atoms with van der Waals surface area (Å²) in [7, 11) is 1.70. The zero-order valence-electron chi connectivity index (χ0n) is 15.8. The lowest BCUT2D eigenvalue weighted by Gasteiger charge is -2.37. The van der Waals surface area contributed by atoms with Gasteiger partial charge in [0.15, 0.2) is 0 Å². The van der Waals surface area contributed by atoms with Crippen molar-refractivity contribution < 1.29 is 14.4 Å². The van der Waals surface area contributed by atoms with E-state index in [9.17, 15) is 9.59 Å². The summed E-state index contributed by atoms with van der Waals surface area (Å²) in [6.45, 7) is 7.86. The SMILES string of the molecule is CON1CCC(C2CC(=O)C(c3c(C)cc(C)cc3C)C(=O)C2)CC1. The maximum atomic E-state index is 12.9. The average molecular weight is 343 g/mol. The second-order valence-electron chi connectivity index (χ2n) is 7.80. The van der Waals surface area contributed by atoms with Gasteiger partial charge in [0.2, 0.25) is 0 Å². The topological polar surface area (TPSA) is 46.6 Å². The summed E-state index contributed by atoms with van der Waals surface area (Å²) in [6, 6.07) is 4.16. The fraction of sp³-hybridized carbons (Fsp3) is 0.619. The van der Waals surface area contributed by atoms with Crippen molar-refractivity contribution in [2.45, 2.75) is 52.4 Å². The van der Waals surface area contributed by atoms with Crippen molar-refractivity contribution in [2.75, 3.05) is 20.2 Å². The fourth-order valence-corrected chi connectivity index (χ4v) is 4.84. The number of benzene rings is 1. The van der Waals surface area contributed by atoms with E-state index in [1.807, 2.05) is 18.9 Å². The largest absolute Gasteiger partial charge is 0.302 e. The number of ketones is 2. The molecule has 2 fully saturated rings. The van der Waals surface area contributed by atoms with Gasteiger partial charge >= 0.3 is 0 Å². The molecule has 136 valence electrons. The predicted molar refractivity (Wildman–Crippen MR) is 97.4 cm³/mol. The molecular formula is C21H29NO3. The van der Waals surface area contributed by atoms with Gasteiger partial charge in [-0.2, -0.15) is 5.06 Å². The number of piperidine rings is 1. The Hall–Kier alpha value is -1.52. The van der Waals surface area contributed by atoms with Crippen molar-refractivity contribution in [3.63, 3.8) is 0 Å². The number of carbonyl (C=O) groups excluding carboxylic acids is 2. The standard InChI is InChI=1S/C21H29NO3/c1-13-9-14(2)20(15(3)10-13)21-18(23)11-17(12-19(21)24)16-5-7-22(25-4)8-6-16/h9-10,16-17,21H,5-8,11-12H2,1-4H3. The second kappa shape index (κ2) is 7.38. The van der Waals surface area contributed by atoms with Crippen LogP contribution < -0.4 is 0 Å². The third kappa shape index (κ3) is 3.70. The van der Waals surface area contributed by atoms with E-state index in [0.29, 0.717) is 18.8 Å². The predicted octanol–water partition coefficient (Wildman–Crippen LogP) is 3.52. The Balaban J connectivity index is 1.76. The van der Waals surface area contributed by atoms with Gasteiger partial charge in [0.25, 0.3) is 0 Å². The minimum atomic E-state index is -0.545. The zero-order chi connectivity index (χ0) is 18.1. The van der Waals surface area contributed by atoms with Gasteiger partial charge in [-0.1, -0.05) is 17.7 Å². The van der Waals surface area contributed by atoms with E-state index in [0.717, 1.165) is 42.6 Å². The van der Waals surface area contributed by atoms with Crippen LogP contribution in [0.25, 0.3) is 0 Å². The zero-order valence-corrected chi connectivity index (χ0v) is 15.8. The summed E-state index contributed by atoms with van der Waals surface area (Å²) in [5.41, 5.74) is 4.26. The molecule has 1 saturated carbocycles. The van der Waals surface area contributed by atoms with Crippen LogP contribution in [-0.2, 0) is 14.4 Å². The minimum absolute atomic E-state index is 0.116. The molecule has 0 radical (unpaired) electrons. The Bertz CT molecular complexity index is 633. The third-order valence-corrected chi connectivity index (χ3v) is 6.02. The molecule has 4 heteroatoms. The summed E-state index contributed by atoms with van der Waals surface area (Å²) in [5, 5.41) is 1.96. The van der Waals surface area contributed by atoms with Crippen LogP contribution in [0, 0.1) is 32.6 Å². The Morgan fingerprint density at radius 3 is 1.92 bits per heavy atom. The molecule has 0 spiro atoms. The van der Waals surface area contributed by atoms with Crippen molar-refractivity contribution in [2.24, 2.45) is 11.8 Å². The molecule has 1 aliphatic heterocycles. The Kier molecular flexibility index (Phi) is 5.40. The van der Waals surface area contributed by atoms with E-state index in [1.54, 1.807) is 7.11 Å². The number of hydrogen-bond acceptors (Lipinski definition) is 4. The van der Waals surface area contributed by atoms with E-state index < -0.39 is 5.92 Å². The molecule has 1 heterocycles. The Morgan fingerprint density at radius 1 is 0.920 bits per heavy atom. The Morgan fingerprint density at radius 2 is 1.44 bits per heavy atom. The highest BCUT2D eigenvalue weighted by Crippen LogP contribution is 2.39. The highest BCUT2D eigenvalue weighted by atomic mass is 16.7. The molecule has 0 unspecified atom stereocenters. The molecule has 0 aromatic heterocycles. The van der Waals surface area contributed by atoms with Gasteiger partial charge in [0.1, 0.15) is 17.5 Å². The maximum absolute atomic E-state index is 12.9. The van der Waals surface area contributed by atoms with Crippen molar-refractivity contribution in [1.82, 2.24) is 5.06 Å². The normalized spacial score (nSPS) is 26.2. The molecule has 25 heavy (non-hydrogen) atoms. The van der Waals surface area contributed by atoms with E-state index in [1.165, 1.54) is 5.56 Å². The lowest BCUT2D eigenvalue weighted by atomic mass is 9.69. The number of aryl methyl sites for hydroxylation is 3. The third-order valence-electron chi connectivity index (χ3n) is 6.02. The van der Waals surface area contributed by atoms with Crippen LogP contribution in [0.2, 0.25) is 0 Å². The van der Waals surface area contributed by atoms with Gasteiger partial charge in [-0.15, -0.1) is 0 Å². The molecule has 3 rings (SSSR count). The van der Waals surface area contributed by atoms with Crippen molar-refractivity contribution in [3.8, 4) is 0 Å². The quantitative estimate of drug-likeness (QED) is 0.788. The summed E-state index contributed by atoms with van der Waals surface area (Å²) < 4.78 is 0. The number of Topliss-reactive ketones (excluding diaryl/α,β-unsaturated/α-hetero) is 2. The first-order valence-corrected chi connectivity index (χ1v) is 9.33. The second-order valence-corrected chi connectivity index (χ2v) is 7.80. The minimum Gasteiger partial charge on any atom is -0.302 e. The number of carbonyl (C=O) groups is 2. The highest BCUT2D eigenvalue weighted by molar-refractivity contribution is 6.10. The van der Waals surface area contributed by atoms with E-state index in [-0.39, 0.29) is 17.5 Å². The van der Waals surface area contributed by atoms with Crippen LogP contribution in [0.3, 0.4) is 0 Å². The molecule has 1 aromatic carbocycles. The number of hydroxylamine groups is 2.